The molecule has 0 amide bonds. The fourth-order valence-electron chi connectivity index (χ4n) is 2.66. The summed E-state index contributed by atoms with van der Waals surface area (Å²) in [5, 5.41) is 4.21. The van der Waals surface area contributed by atoms with Crippen LogP contribution in [-0.4, -0.2) is 22.1 Å². The molecule has 0 bridgehead atoms. The third kappa shape index (κ3) is 3.43. The molecule has 0 saturated carbocycles. The van der Waals surface area contributed by atoms with E-state index in [2.05, 4.69) is 20.3 Å². The predicted octanol–water partition coefficient (Wildman–Crippen LogP) is 4.15. The third-order valence-corrected chi connectivity index (χ3v) is 4.02. The number of pyridine rings is 1. The summed E-state index contributed by atoms with van der Waals surface area (Å²) in [5.74, 6) is 2.08. The van der Waals surface area contributed by atoms with Crippen LogP contribution in [-0.2, 0) is 0 Å². The van der Waals surface area contributed by atoms with Gasteiger partial charge in [0.05, 0.1) is 12.6 Å². The Morgan fingerprint density at radius 2 is 1.70 bits per heavy atom. The summed E-state index contributed by atoms with van der Waals surface area (Å²) in [6.45, 7) is 0. The SMILES string of the molecule is COc1ccc(Oc2ncnc(Nc3cccc4ncccc34)c2N)cc1. The first-order chi connectivity index (χ1) is 13.2. The number of nitrogens with zero attached hydrogens (tertiary/aromatic N) is 3. The third-order valence-electron chi connectivity index (χ3n) is 4.02. The molecule has 0 atom stereocenters. The molecule has 134 valence electrons. The van der Waals surface area contributed by atoms with Crippen molar-refractivity contribution >= 4 is 28.1 Å². The quantitative estimate of drug-likeness (QED) is 0.552. The molecule has 2 aromatic carbocycles. The smallest absolute Gasteiger partial charge is 0.248 e. The molecule has 7 heteroatoms. The van der Waals surface area contributed by atoms with Crippen molar-refractivity contribution in [2.45, 2.75) is 0 Å². The highest BCUT2D eigenvalue weighted by Crippen LogP contribution is 2.33. The number of aromatic nitrogens is 3. The lowest BCUT2D eigenvalue weighted by Gasteiger charge is -2.13. The van der Waals surface area contributed by atoms with E-state index in [4.69, 9.17) is 15.2 Å². The van der Waals surface area contributed by atoms with Crippen LogP contribution in [0.2, 0.25) is 0 Å². The Balaban J connectivity index is 1.63. The van der Waals surface area contributed by atoms with E-state index in [1.165, 1.54) is 6.33 Å². The largest absolute Gasteiger partial charge is 0.497 e. The molecule has 0 aliphatic heterocycles. The van der Waals surface area contributed by atoms with Gasteiger partial charge in [0.1, 0.15) is 23.5 Å². The number of fused-ring (bicyclic) bond motifs is 1. The minimum absolute atomic E-state index is 0.274. The van der Waals surface area contributed by atoms with Crippen molar-refractivity contribution in [1.29, 1.82) is 0 Å². The normalized spacial score (nSPS) is 10.6. The fourth-order valence-corrected chi connectivity index (χ4v) is 2.66. The number of ether oxygens (including phenoxy) is 2. The Hall–Kier alpha value is -3.87. The van der Waals surface area contributed by atoms with Crippen LogP contribution in [0.25, 0.3) is 10.9 Å². The lowest BCUT2D eigenvalue weighted by molar-refractivity contribution is 0.412. The molecule has 7 nitrogen and oxygen atoms in total. The zero-order chi connectivity index (χ0) is 18.6. The number of nitrogen functional groups attached to an aromatic ring is 1. The molecule has 0 radical (unpaired) electrons. The van der Waals surface area contributed by atoms with Crippen LogP contribution in [0, 0.1) is 0 Å². The van der Waals surface area contributed by atoms with Gasteiger partial charge in [-0.15, -0.1) is 0 Å². The van der Waals surface area contributed by atoms with Gasteiger partial charge in [-0.2, -0.15) is 4.98 Å². The number of rotatable bonds is 5. The van der Waals surface area contributed by atoms with Crippen LogP contribution in [0.1, 0.15) is 0 Å². The van der Waals surface area contributed by atoms with Crippen LogP contribution < -0.4 is 20.5 Å². The zero-order valence-corrected chi connectivity index (χ0v) is 14.6. The number of methoxy groups -OCH3 is 1. The summed E-state index contributed by atoms with van der Waals surface area (Å²) >= 11 is 0. The standard InChI is InChI=1S/C20H17N5O2/c1-26-13-7-9-14(10-8-13)27-20-18(21)19(23-12-24-20)25-17-6-2-5-16-15(17)4-3-11-22-16/h2-12H,21H2,1H3,(H,23,24,25). The van der Waals surface area contributed by atoms with Crippen molar-refractivity contribution in [1.82, 2.24) is 15.0 Å². The minimum Gasteiger partial charge on any atom is -0.497 e. The Kier molecular flexibility index (Phi) is 4.40. The van der Waals surface area contributed by atoms with Gasteiger partial charge in [0.2, 0.25) is 5.88 Å². The molecule has 0 saturated heterocycles. The topological polar surface area (TPSA) is 95.2 Å². The monoisotopic (exact) mass is 359 g/mol. The molecular weight excluding hydrogens is 342 g/mol. The number of hydrogen-bond donors (Lipinski definition) is 2. The molecule has 0 aliphatic rings. The number of benzene rings is 2. The maximum Gasteiger partial charge on any atom is 0.248 e. The lowest BCUT2D eigenvalue weighted by atomic mass is 10.2. The van der Waals surface area contributed by atoms with Crippen molar-refractivity contribution in [2.75, 3.05) is 18.2 Å². The highest BCUT2D eigenvalue weighted by Gasteiger charge is 2.12. The Morgan fingerprint density at radius 3 is 2.52 bits per heavy atom. The van der Waals surface area contributed by atoms with Gasteiger partial charge in [0.25, 0.3) is 0 Å². The summed E-state index contributed by atoms with van der Waals surface area (Å²) < 4.78 is 10.9. The number of nitrogens with two attached hydrogens (primary N) is 1. The number of nitrogens with one attached hydrogen (secondary N) is 1. The van der Waals surface area contributed by atoms with E-state index in [0.29, 0.717) is 17.3 Å². The Bertz CT molecular complexity index is 1080. The molecule has 3 N–H and O–H groups in total. The summed E-state index contributed by atoms with van der Waals surface area (Å²) in [7, 11) is 1.61. The van der Waals surface area contributed by atoms with E-state index >= 15 is 0 Å². The Morgan fingerprint density at radius 1 is 0.889 bits per heavy atom. The number of anilines is 3. The molecular formula is C20H17N5O2. The average Bonchev–Trinajstić information content (AvgIpc) is 2.72. The molecule has 2 aromatic heterocycles. The fraction of sp³-hybridized carbons (Fsp3) is 0.0500. The van der Waals surface area contributed by atoms with Crippen molar-refractivity contribution < 1.29 is 9.47 Å². The summed E-state index contributed by atoms with van der Waals surface area (Å²) in [5.41, 5.74) is 8.27. The van der Waals surface area contributed by atoms with Crippen LogP contribution in [0.3, 0.4) is 0 Å². The van der Waals surface area contributed by atoms with Crippen LogP contribution >= 0.6 is 0 Å². The van der Waals surface area contributed by atoms with Crippen LogP contribution in [0.5, 0.6) is 17.4 Å². The minimum atomic E-state index is 0.274. The zero-order valence-electron chi connectivity index (χ0n) is 14.6. The van der Waals surface area contributed by atoms with E-state index in [-0.39, 0.29) is 5.88 Å². The van der Waals surface area contributed by atoms with Crippen molar-refractivity contribution in [3.8, 4) is 17.4 Å². The Labute approximate surface area is 155 Å². The molecule has 0 unspecified atom stereocenters. The van der Waals surface area contributed by atoms with Gasteiger partial charge < -0.3 is 20.5 Å². The van der Waals surface area contributed by atoms with Crippen molar-refractivity contribution in [3.63, 3.8) is 0 Å². The van der Waals surface area contributed by atoms with E-state index in [1.54, 1.807) is 37.6 Å². The molecule has 0 fully saturated rings. The lowest BCUT2D eigenvalue weighted by Crippen LogP contribution is -2.03. The van der Waals surface area contributed by atoms with Gasteiger partial charge in [0.15, 0.2) is 5.82 Å². The van der Waals surface area contributed by atoms with E-state index in [1.807, 2.05) is 30.3 Å². The molecule has 0 spiro atoms. The molecule has 27 heavy (non-hydrogen) atoms. The highest BCUT2D eigenvalue weighted by atomic mass is 16.5. The molecule has 2 heterocycles. The van der Waals surface area contributed by atoms with Gasteiger partial charge in [-0.3, -0.25) is 4.98 Å². The van der Waals surface area contributed by atoms with Crippen molar-refractivity contribution in [2.24, 2.45) is 0 Å². The summed E-state index contributed by atoms with van der Waals surface area (Å²) in [6, 6.07) is 16.8. The second kappa shape index (κ2) is 7.17. The van der Waals surface area contributed by atoms with Gasteiger partial charge in [-0.1, -0.05) is 6.07 Å². The first-order valence-electron chi connectivity index (χ1n) is 8.28. The van der Waals surface area contributed by atoms with Crippen molar-refractivity contribution in [3.05, 3.63) is 67.1 Å². The van der Waals surface area contributed by atoms with E-state index < -0.39 is 0 Å². The van der Waals surface area contributed by atoms with Gasteiger partial charge in [0, 0.05) is 17.3 Å². The summed E-state index contributed by atoms with van der Waals surface area (Å²) in [4.78, 5) is 12.7. The maximum absolute atomic E-state index is 6.23. The van der Waals surface area contributed by atoms with Gasteiger partial charge in [-0.05, 0) is 48.5 Å². The molecule has 0 aliphatic carbocycles. The van der Waals surface area contributed by atoms with Crippen LogP contribution in [0.4, 0.5) is 17.2 Å². The maximum atomic E-state index is 6.23. The first-order valence-corrected chi connectivity index (χ1v) is 8.28. The van der Waals surface area contributed by atoms with Crippen LogP contribution in [0.15, 0.2) is 67.1 Å². The van der Waals surface area contributed by atoms with E-state index in [0.717, 1.165) is 22.3 Å². The number of hydrogen-bond acceptors (Lipinski definition) is 7. The molecule has 4 rings (SSSR count). The highest BCUT2D eigenvalue weighted by molar-refractivity contribution is 5.93. The average molecular weight is 359 g/mol. The summed E-state index contributed by atoms with van der Waals surface area (Å²) in [6.07, 6.45) is 3.16. The van der Waals surface area contributed by atoms with Gasteiger partial charge in [-0.25, -0.2) is 4.98 Å². The second-order valence-electron chi connectivity index (χ2n) is 5.72. The van der Waals surface area contributed by atoms with Gasteiger partial charge >= 0.3 is 0 Å². The molecule has 4 aromatic rings. The van der Waals surface area contributed by atoms with E-state index in [9.17, 15) is 0 Å². The predicted molar refractivity (Wildman–Crippen MR) is 105 cm³/mol. The second-order valence-corrected chi connectivity index (χ2v) is 5.72. The first kappa shape index (κ1) is 16.6.